The van der Waals surface area contributed by atoms with Crippen molar-refractivity contribution in [2.45, 2.75) is 52.1 Å². The van der Waals surface area contributed by atoms with Crippen LogP contribution in [0.15, 0.2) is 47.3 Å². The van der Waals surface area contributed by atoms with E-state index in [1.54, 1.807) is 7.11 Å². The third-order valence-electron chi connectivity index (χ3n) is 6.24. The maximum absolute atomic E-state index is 13.2. The lowest BCUT2D eigenvalue weighted by Crippen LogP contribution is -2.42. The largest absolute Gasteiger partial charge is 0.497 e. The molecule has 1 heterocycles. The first-order valence-corrected chi connectivity index (χ1v) is 10.8. The summed E-state index contributed by atoms with van der Waals surface area (Å²) in [5.74, 6) is 0.735. The predicted octanol–water partition coefficient (Wildman–Crippen LogP) is 5.13. The molecule has 0 unspecified atom stereocenters. The van der Waals surface area contributed by atoms with E-state index in [-0.39, 0.29) is 24.2 Å². The Hall–Kier alpha value is -3.28. The second-order valence-corrected chi connectivity index (χ2v) is 8.37. The molecule has 1 fully saturated rings. The first-order valence-electron chi connectivity index (χ1n) is 10.8. The number of nitrogens with one attached hydrogen (secondary N) is 2. The van der Waals surface area contributed by atoms with Crippen LogP contribution in [0.2, 0.25) is 0 Å². The molecule has 2 amide bonds. The quantitative estimate of drug-likeness (QED) is 0.602. The summed E-state index contributed by atoms with van der Waals surface area (Å²) in [5, 5.41) is 3.97. The van der Waals surface area contributed by atoms with Gasteiger partial charge in [-0.2, -0.15) is 0 Å². The number of anilines is 1. The summed E-state index contributed by atoms with van der Waals surface area (Å²) in [7, 11) is 1.61. The van der Waals surface area contributed by atoms with E-state index in [9.17, 15) is 9.59 Å². The van der Waals surface area contributed by atoms with E-state index in [1.165, 1.54) is 5.56 Å². The molecule has 0 atom stereocenters. The van der Waals surface area contributed by atoms with Crippen LogP contribution >= 0.6 is 0 Å². The molecule has 1 aliphatic rings. The van der Waals surface area contributed by atoms with Crippen LogP contribution in [0.5, 0.6) is 5.75 Å². The number of urea groups is 1. The van der Waals surface area contributed by atoms with Gasteiger partial charge in [0, 0.05) is 22.8 Å². The van der Waals surface area contributed by atoms with Gasteiger partial charge in [-0.15, -0.1) is 0 Å². The maximum Gasteiger partial charge on any atom is 0.322 e. The van der Waals surface area contributed by atoms with Gasteiger partial charge in [0.25, 0.3) is 5.56 Å². The van der Waals surface area contributed by atoms with Gasteiger partial charge in [0.1, 0.15) is 5.75 Å². The van der Waals surface area contributed by atoms with Crippen molar-refractivity contribution in [2.24, 2.45) is 0 Å². The Kier molecular flexibility index (Phi) is 5.98. The van der Waals surface area contributed by atoms with Gasteiger partial charge in [-0.1, -0.05) is 12.8 Å². The van der Waals surface area contributed by atoms with E-state index >= 15 is 0 Å². The van der Waals surface area contributed by atoms with E-state index < -0.39 is 0 Å². The van der Waals surface area contributed by atoms with Crippen molar-refractivity contribution >= 4 is 22.6 Å². The minimum absolute atomic E-state index is 0.132. The molecule has 31 heavy (non-hydrogen) atoms. The van der Waals surface area contributed by atoms with Crippen molar-refractivity contribution in [1.29, 1.82) is 0 Å². The van der Waals surface area contributed by atoms with Crippen molar-refractivity contribution < 1.29 is 9.53 Å². The highest BCUT2D eigenvalue weighted by Gasteiger charge is 2.27. The lowest BCUT2D eigenvalue weighted by molar-refractivity contribution is 0.184. The highest BCUT2D eigenvalue weighted by molar-refractivity contribution is 5.89. The molecular formula is C25H29N3O3. The Labute approximate surface area is 182 Å². The molecule has 1 aliphatic carbocycles. The van der Waals surface area contributed by atoms with Crippen molar-refractivity contribution in [3.63, 3.8) is 0 Å². The molecule has 0 bridgehead atoms. The number of amides is 2. The van der Waals surface area contributed by atoms with E-state index in [4.69, 9.17) is 4.74 Å². The van der Waals surface area contributed by atoms with Crippen molar-refractivity contribution in [2.75, 3.05) is 12.4 Å². The highest BCUT2D eigenvalue weighted by Crippen LogP contribution is 2.26. The Bertz CT molecular complexity index is 1150. The average Bonchev–Trinajstić information content (AvgIpc) is 3.28. The number of hydrogen-bond acceptors (Lipinski definition) is 3. The highest BCUT2D eigenvalue weighted by atomic mass is 16.5. The molecule has 0 saturated heterocycles. The maximum atomic E-state index is 13.2. The van der Waals surface area contributed by atoms with Gasteiger partial charge in [-0.25, -0.2) is 4.79 Å². The topological polar surface area (TPSA) is 74.4 Å². The summed E-state index contributed by atoms with van der Waals surface area (Å²) in [5.41, 5.74) is 4.31. The van der Waals surface area contributed by atoms with Crippen LogP contribution in [-0.4, -0.2) is 29.1 Å². The first kappa shape index (κ1) is 21.0. The van der Waals surface area contributed by atoms with Gasteiger partial charge in [-0.05, 0) is 85.7 Å². The number of aromatic nitrogens is 1. The first-order chi connectivity index (χ1) is 14.9. The van der Waals surface area contributed by atoms with Crippen molar-refractivity contribution in [3.8, 4) is 5.75 Å². The smallest absolute Gasteiger partial charge is 0.322 e. The molecule has 1 saturated carbocycles. The Morgan fingerprint density at radius 3 is 2.45 bits per heavy atom. The van der Waals surface area contributed by atoms with Crippen LogP contribution in [-0.2, 0) is 6.54 Å². The predicted molar refractivity (Wildman–Crippen MR) is 124 cm³/mol. The van der Waals surface area contributed by atoms with Gasteiger partial charge < -0.3 is 19.9 Å². The molecule has 0 aliphatic heterocycles. The van der Waals surface area contributed by atoms with Crippen LogP contribution in [0.1, 0.15) is 42.4 Å². The zero-order valence-corrected chi connectivity index (χ0v) is 18.3. The molecule has 6 nitrogen and oxygen atoms in total. The molecule has 0 spiro atoms. The fraction of sp³-hybridized carbons (Fsp3) is 0.360. The Morgan fingerprint density at radius 1 is 1.10 bits per heavy atom. The number of fused-ring (bicyclic) bond motifs is 1. The van der Waals surface area contributed by atoms with E-state index in [0.29, 0.717) is 11.3 Å². The number of H-pyrrole nitrogens is 1. The average molecular weight is 420 g/mol. The number of aryl methyl sites for hydroxylation is 2. The van der Waals surface area contributed by atoms with Gasteiger partial charge >= 0.3 is 6.03 Å². The normalized spacial score (nSPS) is 14.0. The van der Waals surface area contributed by atoms with Crippen LogP contribution in [0.25, 0.3) is 10.9 Å². The molecule has 3 aromatic rings. The number of hydrogen-bond donors (Lipinski definition) is 2. The summed E-state index contributed by atoms with van der Waals surface area (Å²) in [6.07, 6.45) is 4.12. The second-order valence-electron chi connectivity index (χ2n) is 8.37. The van der Waals surface area contributed by atoms with Crippen LogP contribution < -0.4 is 15.6 Å². The zero-order valence-electron chi connectivity index (χ0n) is 18.3. The number of methoxy groups -OCH3 is 1. The summed E-state index contributed by atoms with van der Waals surface area (Å²) in [4.78, 5) is 30.8. The molecule has 0 radical (unpaired) electrons. The van der Waals surface area contributed by atoms with Crippen LogP contribution in [0.4, 0.5) is 10.5 Å². The lowest BCUT2D eigenvalue weighted by Gasteiger charge is -2.29. The third kappa shape index (κ3) is 4.58. The monoisotopic (exact) mass is 419 g/mol. The number of rotatable bonds is 5. The summed E-state index contributed by atoms with van der Waals surface area (Å²) >= 11 is 0. The number of nitrogens with zero attached hydrogens (tertiary/aromatic N) is 1. The number of carbonyl (C=O) groups excluding carboxylic acids is 1. The number of benzene rings is 2. The SMILES string of the molecule is COc1ccc(NC(=O)N(Cc2cc3cc(C)c(C)cc3[nH]c2=O)C2CCCC2)cc1. The van der Waals surface area contributed by atoms with E-state index in [1.807, 2.05) is 48.2 Å². The Balaban J connectivity index is 1.62. The molecule has 2 aromatic carbocycles. The van der Waals surface area contributed by atoms with Gasteiger partial charge in [0.05, 0.1) is 13.7 Å². The Morgan fingerprint density at radius 2 is 1.77 bits per heavy atom. The lowest BCUT2D eigenvalue weighted by atomic mass is 10.0. The van der Waals surface area contributed by atoms with Crippen LogP contribution in [0, 0.1) is 13.8 Å². The van der Waals surface area contributed by atoms with Gasteiger partial charge in [-0.3, -0.25) is 4.79 Å². The van der Waals surface area contributed by atoms with E-state index in [2.05, 4.69) is 23.3 Å². The van der Waals surface area contributed by atoms with Gasteiger partial charge in [0.15, 0.2) is 0 Å². The zero-order chi connectivity index (χ0) is 22.0. The molecule has 6 heteroatoms. The van der Waals surface area contributed by atoms with Crippen LogP contribution in [0.3, 0.4) is 0 Å². The number of ether oxygens (including phenoxy) is 1. The number of pyridine rings is 1. The molecule has 4 rings (SSSR count). The molecule has 162 valence electrons. The second kappa shape index (κ2) is 8.84. The summed E-state index contributed by atoms with van der Waals surface area (Å²) in [6.45, 7) is 4.38. The summed E-state index contributed by atoms with van der Waals surface area (Å²) < 4.78 is 5.18. The molecule has 2 N–H and O–H groups in total. The summed E-state index contributed by atoms with van der Waals surface area (Å²) in [6, 6.07) is 13.2. The molecule has 1 aromatic heterocycles. The fourth-order valence-corrected chi connectivity index (χ4v) is 4.28. The minimum Gasteiger partial charge on any atom is -0.497 e. The fourth-order valence-electron chi connectivity index (χ4n) is 4.28. The standard InChI is InChI=1S/C25H29N3O3/c1-16-12-18-14-19(24(29)27-23(18)13-17(16)2)15-28(21-6-4-5-7-21)25(30)26-20-8-10-22(31-3)11-9-20/h8-14,21H,4-7,15H2,1-3H3,(H,26,30)(H,27,29). The third-order valence-corrected chi connectivity index (χ3v) is 6.24. The molecular weight excluding hydrogens is 390 g/mol. The van der Waals surface area contributed by atoms with Gasteiger partial charge in [0.2, 0.25) is 0 Å². The van der Waals surface area contributed by atoms with E-state index in [0.717, 1.165) is 47.9 Å². The number of carbonyl (C=O) groups is 1. The van der Waals surface area contributed by atoms with Crippen molar-refractivity contribution in [3.05, 3.63) is 69.5 Å². The minimum atomic E-state index is -0.184. The number of aromatic amines is 1. The van der Waals surface area contributed by atoms with Crippen molar-refractivity contribution in [1.82, 2.24) is 9.88 Å².